The van der Waals surface area contributed by atoms with E-state index in [0.717, 1.165) is 11.1 Å². The molecule has 4 heterocycles. The first-order valence-electron chi connectivity index (χ1n) is 10.5. The number of aromatic nitrogens is 7. The summed E-state index contributed by atoms with van der Waals surface area (Å²) in [5.41, 5.74) is 12.7. The molecule has 0 atom stereocenters. The lowest BCUT2D eigenvalue weighted by Gasteiger charge is -2.12. The van der Waals surface area contributed by atoms with Gasteiger partial charge in [-0.1, -0.05) is 24.2 Å². The zero-order chi connectivity index (χ0) is 24.9. The van der Waals surface area contributed by atoms with Gasteiger partial charge in [0.1, 0.15) is 35.4 Å². The van der Waals surface area contributed by atoms with Gasteiger partial charge >= 0.3 is 0 Å². The van der Waals surface area contributed by atoms with Crippen LogP contribution in [0.15, 0.2) is 58.4 Å². The number of nitrogens with zero attached hydrogens (tertiary/aromatic N) is 8. The Morgan fingerprint density at radius 1 is 1.09 bits per heavy atom. The average molecular weight is 468 g/mol. The third-order valence-electron chi connectivity index (χ3n) is 4.99. The number of fused-ring (bicyclic) bond motifs is 1. The molecule has 0 fully saturated rings. The Hall–Kier alpha value is -5.18. The molecule has 174 valence electrons. The van der Waals surface area contributed by atoms with Crippen LogP contribution in [0.1, 0.15) is 24.1 Å². The molecule has 0 aliphatic heterocycles. The van der Waals surface area contributed by atoms with Gasteiger partial charge in [0.15, 0.2) is 5.82 Å². The maximum absolute atomic E-state index is 13.3. The lowest BCUT2D eigenvalue weighted by atomic mass is 10.0. The highest BCUT2D eigenvalue weighted by Crippen LogP contribution is 2.25. The topological polar surface area (TPSA) is 188 Å². The molecule has 4 aromatic heterocycles. The molecule has 0 saturated heterocycles. The van der Waals surface area contributed by atoms with Gasteiger partial charge in [0, 0.05) is 30.4 Å². The van der Waals surface area contributed by atoms with Gasteiger partial charge in [-0.25, -0.2) is 24.5 Å². The van der Waals surface area contributed by atoms with Crippen LogP contribution < -0.4 is 17.0 Å². The number of nitrogens with two attached hydrogens (primary N) is 2. The van der Waals surface area contributed by atoms with Gasteiger partial charge in [0.05, 0.1) is 17.1 Å². The first-order chi connectivity index (χ1) is 16.9. The number of benzene rings is 1. The Bertz CT molecular complexity index is 1590. The summed E-state index contributed by atoms with van der Waals surface area (Å²) in [6.07, 6.45) is 6.74. The van der Waals surface area contributed by atoms with E-state index in [1.165, 1.54) is 17.0 Å². The lowest BCUT2D eigenvalue weighted by molar-refractivity contribution is 0.415. The highest BCUT2D eigenvalue weighted by Gasteiger charge is 2.17. The van der Waals surface area contributed by atoms with Gasteiger partial charge in [-0.05, 0) is 18.6 Å². The molecular formula is C23H20N10O2. The lowest BCUT2D eigenvalue weighted by Crippen LogP contribution is -2.24. The number of nitriles is 1. The molecule has 0 unspecified atom stereocenters. The molecule has 5 aromatic rings. The van der Waals surface area contributed by atoms with Crippen molar-refractivity contribution in [3.63, 3.8) is 0 Å². The van der Waals surface area contributed by atoms with Crippen molar-refractivity contribution in [2.24, 2.45) is 0 Å². The van der Waals surface area contributed by atoms with Crippen molar-refractivity contribution in [1.82, 2.24) is 34.6 Å². The third-order valence-corrected chi connectivity index (χ3v) is 4.99. The average Bonchev–Trinajstić information content (AvgIpc) is 3.39. The van der Waals surface area contributed by atoms with Crippen LogP contribution in [0.3, 0.4) is 0 Å². The summed E-state index contributed by atoms with van der Waals surface area (Å²) in [6, 6.07) is 9.05. The number of hydrogen-bond acceptors (Lipinski definition) is 11. The molecule has 0 saturated carbocycles. The second-order valence-corrected chi connectivity index (χ2v) is 7.24. The smallest absolute Gasteiger partial charge is 0.267 e. The van der Waals surface area contributed by atoms with E-state index in [1.54, 1.807) is 18.5 Å². The van der Waals surface area contributed by atoms with E-state index >= 15 is 0 Å². The molecule has 0 aliphatic carbocycles. The van der Waals surface area contributed by atoms with Gasteiger partial charge in [-0.15, -0.1) is 0 Å². The molecular weight excluding hydrogens is 448 g/mol. The fourth-order valence-electron chi connectivity index (χ4n) is 3.34. The quantitative estimate of drug-likeness (QED) is 0.395. The zero-order valence-electron chi connectivity index (χ0n) is 18.9. The molecule has 5 rings (SSSR count). The fourth-order valence-corrected chi connectivity index (χ4v) is 3.34. The summed E-state index contributed by atoms with van der Waals surface area (Å²) in [7, 11) is 0. The molecule has 12 heteroatoms. The summed E-state index contributed by atoms with van der Waals surface area (Å²) >= 11 is 0. The molecule has 0 bridgehead atoms. The number of hydrogen-bond donors (Lipinski definition) is 2. The highest BCUT2D eigenvalue weighted by atomic mass is 16.5. The fraction of sp³-hybridized carbons (Fsp3) is 0.130. The van der Waals surface area contributed by atoms with Crippen LogP contribution in [0.2, 0.25) is 0 Å². The minimum Gasteiger partial charge on any atom is -0.382 e. The van der Waals surface area contributed by atoms with Crippen LogP contribution in [0.4, 0.5) is 11.8 Å². The summed E-state index contributed by atoms with van der Waals surface area (Å²) in [4.78, 5) is 33.5. The molecule has 0 aliphatic rings. The molecule has 35 heavy (non-hydrogen) atoms. The van der Waals surface area contributed by atoms with Gasteiger partial charge in [-0.2, -0.15) is 10.2 Å². The summed E-state index contributed by atoms with van der Waals surface area (Å²) in [6.45, 7) is 3.77. The maximum Gasteiger partial charge on any atom is 0.267 e. The van der Waals surface area contributed by atoms with E-state index in [0.29, 0.717) is 34.8 Å². The molecule has 0 amide bonds. The monoisotopic (exact) mass is 468 g/mol. The number of aryl methyl sites for hydroxylation is 2. The molecule has 0 radical (unpaired) electrons. The van der Waals surface area contributed by atoms with Crippen molar-refractivity contribution in [2.75, 3.05) is 11.5 Å². The van der Waals surface area contributed by atoms with E-state index < -0.39 is 0 Å². The summed E-state index contributed by atoms with van der Waals surface area (Å²) in [5, 5.41) is 12.8. The van der Waals surface area contributed by atoms with Crippen LogP contribution in [-0.2, 0) is 6.42 Å². The van der Waals surface area contributed by atoms with Crippen molar-refractivity contribution < 1.29 is 4.52 Å². The van der Waals surface area contributed by atoms with E-state index in [1.807, 2.05) is 38.1 Å². The molecule has 12 nitrogen and oxygen atoms in total. The van der Waals surface area contributed by atoms with Crippen LogP contribution in [0.25, 0.3) is 27.8 Å². The maximum atomic E-state index is 13.3. The minimum atomic E-state index is -0.188. The van der Waals surface area contributed by atoms with E-state index in [9.17, 15) is 4.79 Å². The first-order valence-corrected chi connectivity index (χ1v) is 10.5. The van der Waals surface area contributed by atoms with E-state index in [-0.39, 0.29) is 22.9 Å². The molecule has 0 spiro atoms. The number of nitrogen functional groups attached to an aromatic ring is 2. The van der Waals surface area contributed by atoms with Gasteiger partial charge in [0.2, 0.25) is 5.95 Å². The van der Waals surface area contributed by atoms with Crippen molar-refractivity contribution in [1.29, 1.82) is 5.26 Å². The normalized spacial score (nSPS) is 10.4. The Morgan fingerprint density at radius 2 is 1.86 bits per heavy atom. The Kier molecular flexibility index (Phi) is 6.41. The van der Waals surface area contributed by atoms with Crippen molar-refractivity contribution in [3.8, 4) is 23.0 Å². The molecule has 1 aromatic carbocycles. The summed E-state index contributed by atoms with van der Waals surface area (Å²) in [5.74, 6) is 1.93. The van der Waals surface area contributed by atoms with Crippen LogP contribution >= 0.6 is 0 Å². The van der Waals surface area contributed by atoms with Crippen molar-refractivity contribution in [2.45, 2.75) is 20.3 Å². The zero-order valence-corrected chi connectivity index (χ0v) is 18.9. The second-order valence-electron chi connectivity index (χ2n) is 7.24. The van der Waals surface area contributed by atoms with Crippen LogP contribution in [0.5, 0.6) is 0 Å². The first kappa shape index (κ1) is 23.0. The Balaban J connectivity index is 0.000000243. The third kappa shape index (κ3) is 4.64. The number of rotatable bonds is 3. The van der Waals surface area contributed by atoms with Crippen LogP contribution in [-0.4, -0.2) is 34.6 Å². The van der Waals surface area contributed by atoms with E-state index in [2.05, 4.69) is 30.1 Å². The van der Waals surface area contributed by atoms with E-state index in [4.69, 9.17) is 21.3 Å². The highest BCUT2D eigenvalue weighted by molar-refractivity contribution is 5.93. The Labute approximate surface area is 198 Å². The van der Waals surface area contributed by atoms with Gasteiger partial charge < -0.3 is 16.0 Å². The van der Waals surface area contributed by atoms with Crippen molar-refractivity contribution in [3.05, 3.63) is 76.7 Å². The predicted molar refractivity (Wildman–Crippen MR) is 128 cm³/mol. The number of anilines is 2. The second kappa shape index (κ2) is 9.75. The van der Waals surface area contributed by atoms with Gasteiger partial charge in [0.25, 0.3) is 5.56 Å². The van der Waals surface area contributed by atoms with Crippen LogP contribution in [0, 0.1) is 18.3 Å². The minimum absolute atomic E-state index is 0.0801. The largest absolute Gasteiger partial charge is 0.382 e. The summed E-state index contributed by atoms with van der Waals surface area (Å²) < 4.78 is 6.40. The van der Waals surface area contributed by atoms with Crippen molar-refractivity contribution >= 4 is 22.7 Å². The SMILES string of the molecule is CCc1nc2cccc(-c3cnc(C)nc3)c2c(=O)n1-c1ccon1.N#Cc1cnc(N)nc1N. The molecule has 4 N–H and O–H groups in total. The Morgan fingerprint density at radius 3 is 2.49 bits per heavy atom. The predicted octanol–water partition coefficient (Wildman–Crippen LogP) is 2.21. The van der Waals surface area contributed by atoms with Gasteiger partial charge in [-0.3, -0.25) is 4.79 Å². The standard InChI is InChI=1S/C18H15N5O2.C5H5N5/c1-3-15-21-14-6-4-5-13(12-9-19-11(2)20-10-12)17(14)18(24)23(15)16-7-8-25-22-16;6-1-3-2-9-5(8)10-4(3)7/h4-10H,3H2,1-2H3;2H,(H4,7,8,9,10).